The van der Waals surface area contributed by atoms with E-state index in [0.717, 1.165) is 0 Å². The minimum absolute atomic E-state index is 0.117. The maximum atomic E-state index is 11.1. The lowest BCUT2D eigenvalue weighted by atomic mass is 9.97. The quantitative estimate of drug-likeness (QED) is 0.591. The highest BCUT2D eigenvalue weighted by molar-refractivity contribution is 7.99. The molecule has 1 rings (SSSR count). The smallest absolute Gasteiger partial charge is 0.323 e. The Kier molecular flexibility index (Phi) is 4.89. The summed E-state index contributed by atoms with van der Waals surface area (Å²) >= 11 is 1.48. The van der Waals surface area contributed by atoms with Gasteiger partial charge >= 0.3 is 5.97 Å². The largest absolute Gasteiger partial charge is 0.480 e. The summed E-state index contributed by atoms with van der Waals surface area (Å²) in [6, 6.07) is 1.75. The highest BCUT2D eigenvalue weighted by Gasteiger charge is 2.33. The lowest BCUT2D eigenvalue weighted by molar-refractivity contribution is -0.144. The maximum absolute atomic E-state index is 11.1. The Morgan fingerprint density at radius 1 is 1.59 bits per heavy atom. The number of carboxylic acid groups (broad SMARTS) is 1. The zero-order valence-corrected chi connectivity index (χ0v) is 11.0. The molecule has 0 radical (unpaired) electrons. The maximum Gasteiger partial charge on any atom is 0.323 e. The number of rotatable bonds is 6. The van der Waals surface area contributed by atoms with E-state index in [1.807, 2.05) is 6.92 Å². The van der Waals surface area contributed by atoms with E-state index in [-0.39, 0.29) is 5.25 Å². The fourth-order valence-electron chi connectivity index (χ4n) is 1.44. The van der Waals surface area contributed by atoms with Gasteiger partial charge in [0, 0.05) is 17.6 Å². The van der Waals surface area contributed by atoms with Gasteiger partial charge in [-0.3, -0.25) is 4.79 Å². The van der Waals surface area contributed by atoms with Gasteiger partial charge in [0.25, 0.3) is 0 Å². The van der Waals surface area contributed by atoms with Crippen LogP contribution in [-0.2, 0) is 4.79 Å². The van der Waals surface area contributed by atoms with E-state index in [1.54, 1.807) is 32.4 Å². The van der Waals surface area contributed by atoms with Crippen LogP contribution in [-0.4, -0.2) is 38.9 Å². The standard InChI is InChI=1S/C11H17N3O2S/c1-8(7-11(2,12-3)9(15)16)17-10-13-5-4-6-14-10/h4-6,8,12H,7H2,1-3H3,(H,15,16). The summed E-state index contributed by atoms with van der Waals surface area (Å²) < 4.78 is 0. The Bertz CT molecular complexity index is 374. The summed E-state index contributed by atoms with van der Waals surface area (Å²) in [4.78, 5) is 19.3. The molecule has 2 atom stereocenters. The molecule has 5 nitrogen and oxygen atoms in total. The van der Waals surface area contributed by atoms with Crippen molar-refractivity contribution in [3.8, 4) is 0 Å². The lowest BCUT2D eigenvalue weighted by Crippen LogP contribution is -2.49. The van der Waals surface area contributed by atoms with Gasteiger partial charge in [-0.15, -0.1) is 0 Å². The van der Waals surface area contributed by atoms with Crippen LogP contribution in [0.25, 0.3) is 0 Å². The minimum atomic E-state index is -0.915. The molecule has 1 heterocycles. The van der Waals surface area contributed by atoms with Crippen molar-refractivity contribution in [3.63, 3.8) is 0 Å². The van der Waals surface area contributed by atoms with Gasteiger partial charge in [-0.05, 0) is 26.5 Å². The number of nitrogens with zero attached hydrogens (tertiary/aromatic N) is 2. The Morgan fingerprint density at radius 2 is 2.18 bits per heavy atom. The predicted octanol–water partition coefficient (Wildman–Crippen LogP) is 1.41. The predicted molar refractivity (Wildman–Crippen MR) is 67.1 cm³/mol. The average Bonchev–Trinajstić information content (AvgIpc) is 2.29. The van der Waals surface area contributed by atoms with Crippen LogP contribution >= 0.6 is 11.8 Å². The molecule has 17 heavy (non-hydrogen) atoms. The fourth-order valence-corrected chi connectivity index (χ4v) is 2.46. The Labute approximate surface area is 105 Å². The molecular weight excluding hydrogens is 238 g/mol. The third-order valence-corrected chi connectivity index (χ3v) is 3.56. The van der Waals surface area contributed by atoms with Gasteiger partial charge in [-0.1, -0.05) is 18.7 Å². The Hall–Kier alpha value is -1.14. The number of carbonyl (C=O) groups is 1. The van der Waals surface area contributed by atoms with Crippen molar-refractivity contribution >= 4 is 17.7 Å². The number of aliphatic carboxylic acids is 1. The van der Waals surface area contributed by atoms with Crippen molar-refractivity contribution in [1.29, 1.82) is 0 Å². The molecule has 0 bridgehead atoms. The second-order valence-electron chi connectivity index (χ2n) is 4.05. The molecule has 0 aromatic carbocycles. The normalized spacial score (nSPS) is 16.2. The number of thioether (sulfide) groups is 1. The van der Waals surface area contributed by atoms with Crippen LogP contribution in [0.5, 0.6) is 0 Å². The Balaban J connectivity index is 2.60. The van der Waals surface area contributed by atoms with Crippen molar-refractivity contribution in [1.82, 2.24) is 15.3 Å². The van der Waals surface area contributed by atoms with Gasteiger partial charge in [0.05, 0.1) is 0 Å². The summed E-state index contributed by atoms with van der Waals surface area (Å²) in [6.45, 7) is 3.65. The summed E-state index contributed by atoms with van der Waals surface area (Å²) in [7, 11) is 1.66. The molecule has 0 aliphatic carbocycles. The van der Waals surface area contributed by atoms with Crippen LogP contribution in [0.15, 0.2) is 23.6 Å². The first-order chi connectivity index (χ1) is 7.98. The van der Waals surface area contributed by atoms with Crippen molar-refractivity contribution in [3.05, 3.63) is 18.5 Å². The van der Waals surface area contributed by atoms with Crippen LogP contribution in [0.1, 0.15) is 20.3 Å². The van der Waals surface area contributed by atoms with E-state index in [4.69, 9.17) is 5.11 Å². The van der Waals surface area contributed by atoms with Crippen molar-refractivity contribution in [2.45, 2.75) is 36.2 Å². The highest BCUT2D eigenvalue weighted by Crippen LogP contribution is 2.25. The molecule has 94 valence electrons. The molecule has 0 spiro atoms. The third-order valence-electron chi connectivity index (χ3n) is 2.57. The van der Waals surface area contributed by atoms with Crippen LogP contribution in [0.2, 0.25) is 0 Å². The molecule has 2 unspecified atom stereocenters. The number of likely N-dealkylation sites (N-methyl/N-ethyl adjacent to an activating group) is 1. The average molecular weight is 255 g/mol. The van der Waals surface area contributed by atoms with Crippen LogP contribution in [0, 0.1) is 0 Å². The topological polar surface area (TPSA) is 75.1 Å². The van der Waals surface area contributed by atoms with Crippen LogP contribution in [0.3, 0.4) is 0 Å². The molecule has 6 heteroatoms. The second-order valence-corrected chi connectivity index (χ2v) is 5.46. The molecule has 1 aromatic heterocycles. The molecule has 0 saturated carbocycles. The molecule has 0 aliphatic rings. The summed E-state index contributed by atoms with van der Waals surface area (Å²) in [5.41, 5.74) is -0.915. The first-order valence-corrected chi connectivity index (χ1v) is 6.22. The molecule has 2 N–H and O–H groups in total. The Morgan fingerprint density at radius 3 is 2.65 bits per heavy atom. The van der Waals surface area contributed by atoms with Gasteiger partial charge in [0.1, 0.15) is 5.54 Å². The van der Waals surface area contributed by atoms with E-state index >= 15 is 0 Å². The van der Waals surface area contributed by atoms with E-state index in [2.05, 4.69) is 15.3 Å². The lowest BCUT2D eigenvalue weighted by Gasteiger charge is -2.26. The third kappa shape index (κ3) is 3.98. The number of nitrogens with one attached hydrogen (secondary N) is 1. The van der Waals surface area contributed by atoms with E-state index in [0.29, 0.717) is 11.6 Å². The van der Waals surface area contributed by atoms with E-state index in [1.165, 1.54) is 11.8 Å². The van der Waals surface area contributed by atoms with Crippen molar-refractivity contribution in [2.24, 2.45) is 0 Å². The number of aromatic nitrogens is 2. The highest BCUT2D eigenvalue weighted by atomic mass is 32.2. The number of hydrogen-bond donors (Lipinski definition) is 2. The van der Waals surface area contributed by atoms with Crippen molar-refractivity contribution in [2.75, 3.05) is 7.05 Å². The molecule has 0 fully saturated rings. The van der Waals surface area contributed by atoms with Gasteiger partial charge in [0.2, 0.25) is 0 Å². The second kappa shape index (κ2) is 5.97. The monoisotopic (exact) mass is 255 g/mol. The van der Waals surface area contributed by atoms with Crippen LogP contribution in [0.4, 0.5) is 0 Å². The zero-order chi connectivity index (χ0) is 12.9. The molecule has 1 aromatic rings. The van der Waals surface area contributed by atoms with E-state index in [9.17, 15) is 4.79 Å². The van der Waals surface area contributed by atoms with Crippen molar-refractivity contribution < 1.29 is 9.90 Å². The molecular formula is C11H17N3O2S. The number of carboxylic acids is 1. The van der Waals surface area contributed by atoms with E-state index < -0.39 is 11.5 Å². The van der Waals surface area contributed by atoms with Gasteiger partial charge in [-0.25, -0.2) is 9.97 Å². The molecule has 0 saturated heterocycles. The van der Waals surface area contributed by atoms with Gasteiger partial charge in [0.15, 0.2) is 5.16 Å². The molecule has 0 aliphatic heterocycles. The zero-order valence-electron chi connectivity index (χ0n) is 10.2. The van der Waals surface area contributed by atoms with Crippen LogP contribution < -0.4 is 5.32 Å². The van der Waals surface area contributed by atoms with Gasteiger partial charge < -0.3 is 10.4 Å². The SMILES string of the molecule is CNC(C)(CC(C)Sc1ncccn1)C(=O)O. The fraction of sp³-hybridized carbons (Fsp3) is 0.545. The summed E-state index contributed by atoms with van der Waals surface area (Å²) in [5, 5.41) is 12.8. The summed E-state index contributed by atoms with van der Waals surface area (Å²) in [6.07, 6.45) is 3.86. The summed E-state index contributed by atoms with van der Waals surface area (Å²) in [5.74, 6) is -0.846. The van der Waals surface area contributed by atoms with Gasteiger partial charge in [-0.2, -0.15) is 0 Å². The first kappa shape index (κ1) is 13.9. The minimum Gasteiger partial charge on any atom is -0.480 e. The number of hydrogen-bond acceptors (Lipinski definition) is 5. The first-order valence-electron chi connectivity index (χ1n) is 5.34. The molecule has 0 amide bonds.